The molecule has 1 aliphatic heterocycles. The third kappa shape index (κ3) is 8.19. The summed E-state index contributed by atoms with van der Waals surface area (Å²) in [5.41, 5.74) is 3.81. The largest absolute Gasteiger partial charge is 0.508 e. The van der Waals surface area contributed by atoms with Gasteiger partial charge in [-0.15, -0.1) is 10.4 Å². The van der Waals surface area contributed by atoms with E-state index in [1.165, 1.54) is 30.3 Å². The van der Waals surface area contributed by atoms with Crippen LogP contribution in [0, 0.1) is 11.2 Å². The first kappa shape index (κ1) is 36.7. The zero-order valence-electron chi connectivity index (χ0n) is 30.2. The second-order valence-electron chi connectivity index (χ2n) is 15.5. The molecule has 0 spiro atoms. The monoisotopic (exact) mass is 717 g/mol. The molecule has 0 radical (unpaired) electrons. The second kappa shape index (κ2) is 13.8. The first-order valence-corrected chi connectivity index (χ1v) is 17.4. The number of benzene rings is 3. The third-order valence-electron chi connectivity index (χ3n) is 9.07. The highest BCUT2D eigenvalue weighted by molar-refractivity contribution is 5.85. The first-order valence-electron chi connectivity index (χ1n) is 17.4. The van der Waals surface area contributed by atoms with Crippen molar-refractivity contribution in [1.29, 1.82) is 0 Å². The predicted molar refractivity (Wildman–Crippen MR) is 193 cm³/mol. The SMILES string of the molecule is CC(C)(C)OC(=O)N1CCC(Nc2ncc3cc(-c4cc(N[N+](O)(O)c5cc(O)cc6c5CCC6OC(=O)C(C)(C)C)ccc4F)ccc3n2)CC1. The number of phenols is 1. The fraction of sp³-hybridized carbons (Fsp3) is 0.421. The molecular formula is C38H46FN6O7+. The lowest BCUT2D eigenvalue weighted by atomic mass is 9.97. The molecule has 3 aromatic carbocycles. The molecule has 0 bridgehead atoms. The highest BCUT2D eigenvalue weighted by Crippen LogP contribution is 2.44. The van der Waals surface area contributed by atoms with Gasteiger partial charge < -0.3 is 24.8 Å². The van der Waals surface area contributed by atoms with E-state index in [1.807, 2.05) is 20.8 Å². The van der Waals surface area contributed by atoms with Gasteiger partial charge in [0, 0.05) is 47.4 Å². The summed E-state index contributed by atoms with van der Waals surface area (Å²) in [6.45, 7) is 11.9. The van der Waals surface area contributed by atoms with E-state index in [-0.39, 0.29) is 34.8 Å². The van der Waals surface area contributed by atoms with E-state index in [9.17, 15) is 25.1 Å². The number of quaternary nitrogens is 1. The van der Waals surface area contributed by atoms with E-state index in [2.05, 4.69) is 20.7 Å². The van der Waals surface area contributed by atoms with Gasteiger partial charge in [-0.05, 0) is 109 Å². The molecule has 1 unspecified atom stereocenters. The zero-order valence-corrected chi connectivity index (χ0v) is 30.2. The summed E-state index contributed by atoms with van der Waals surface area (Å²) >= 11 is 0. The van der Waals surface area contributed by atoms with Gasteiger partial charge in [-0.25, -0.2) is 19.2 Å². The van der Waals surface area contributed by atoms with Crippen LogP contribution in [0.15, 0.2) is 54.7 Å². The first-order chi connectivity index (χ1) is 24.4. The Morgan fingerprint density at radius 3 is 2.40 bits per heavy atom. The van der Waals surface area contributed by atoms with Crippen molar-refractivity contribution in [2.24, 2.45) is 5.41 Å². The standard InChI is InChI=1S/C38H45FN6O7/c1-37(2,3)34(47)51-33-12-9-27-29(33)19-26(46)20-32(27)45(49,50)43-25-8-10-30(39)28(18-25)22-7-11-31-23(17-22)21-40-35(42-31)41-24-13-15-44(16-14-24)36(48)52-38(4,5)6/h7-8,10-11,17-21,24,33,43,49-50H,9,12-16H2,1-6H3,(H-,40,41,42,46)/p+1. The van der Waals surface area contributed by atoms with E-state index in [0.717, 1.165) is 0 Å². The summed E-state index contributed by atoms with van der Waals surface area (Å²) in [6, 6.07) is 12.0. The fourth-order valence-corrected chi connectivity index (χ4v) is 6.40. The molecule has 1 aliphatic carbocycles. The molecule has 2 heterocycles. The number of likely N-dealkylation sites (tertiary alicyclic amines) is 1. The summed E-state index contributed by atoms with van der Waals surface area (Å²) in [4.78, 5) is 34.0. The molecule has 6 rings (SSSR count). The van der Waals surface area contributed by atoms with Crippen LogP contribution in [0.3, 0.4) is 0 Å². The molecule has 1 aromatic heterocycles. The number of anilines is 2. The molecule has 1 amide bonds. The van der Waals surface area contributed by atoms with Crippen LogP contribution in [0.25, 0.3) is 22.0 Å². The van der Waals surface area contributed by atoms with Crippen molar-refractivity contribution < 1.29 is 39.0 Å². The summed E-state index contributed by atoms with van der Waals surface area (Å²) in [6.07, 6.45) is 2.89. The van der Waals surface area contributed by atoms with Gasteiger partial charge in [-0.1, -0.05) is 6.07 Å². The van der Waals surface area contributed by atoms with E-state index >= 15 is 4.39 Å². The molecule has 1 fully saturated rings. The summed E-state index contributed by atoms with van der Waals surface area (Å²) in [7, 11) is 0. The van der Waals surface area contributed by atoms with Crippen LogP contribution in [0.1, 0.15) is 78.0 Å². The Bertz CT molecular complexity index is 2000. The highest BCUT2D eigenvalue weighted by atomic mass is 19.1. The Balaban J connectivity index is 1.16. The molecular weight excluding hydrogens is 671 g/mol. The minimum Gasteiger partial charge on any atom is -0.508 e. The molecule has 4 aromatic rings. The number of hydrogen-bond donors (Lipinski definition) is 5. The maximum atomic E-state index is 15.3. The summed E-state index contributed by atoms with van der Waals surface area (Å²) < 4.78 is 26.4. The quantitative estimate of drug-likeness (QED) is 0.0724. The van der Waals surface area contributed by atoms with Gasteiger partial charge in [-0.3, -0.25) is 4.79 Å². The van der Waals surface area contributed by atoms with Gasteiger partial charge in [0.2, 0.25) is 11.6 Å². The topological polar surface area (TPSA) is 166 Å². The lowest BCUT2D eigenvalue weighted by molar-refractivity contribution is -0.272. The van der Waals surface area contributed by atoms with Crippen molar-refractivity contribution in [3.8, 4) is 16.9 Å². The van der Waals surface area contributed by atoms with Crippen LogP contribution < -0.4 is 15.7 Å². The number of rotatable bonds is 7. The minimum atomic E-state index is -1.84. The van der Waals surface area contributed by atoms with Gasteiger partial charge in [0.25, 0.3) is 0 Å². The molecule has 1 atom stereocenters. The fourth-order valence-electron chi connectivity index (χ4n) is 6.40. The number of ether oxygens (including phenoxy) is 2. The highest BCUT2D eigenvalue weighted by Gasteiger charge is 2.40. The van der Waals surface area contributed by atoms with Crippen LogP contribution in [0.5, 0.6) is 5.75 Å². The molecule has 13 nitrogen and oxygen atoms in total. The average molecular weight is 718 g/mol. The van der Waals surface area contributed by atoms with Crippen LogP contribution in [0.4, 0.5) is 26.5 Å². The van der Waals surface area contributed by atoms with Gasteiger partial charge in [-0.2, -0.15) is 5.43 Å². The summed E-state index contributed by atoms with van der Waals surface area (Å²) in [5.74, 6) is -0.727. The van der Waals surface area contributed by atoms with Crippen LogP contribution >= 0.6 is 0 Å². The number of piperidine rings is 1. The number of phenolic OH excluding ortho intramolecular Hbond substituents is 1. The summed E-state index contributed by atoms with van der Waals surface area (Å²) in [5, 5.41) is 37.0. The number of nitrogens with zero attached hydrogens (tertiary/aromatic N) is 4. The van der Waals surface area contributed by atoms with Crippen molar-refractivity contribution >= 4 is 40.3 Å². The van der Waals surface area contributed by atoms with E-state index in [0.29, 0.717) is 72.3 Å². The normalized spacial score (nSPS) is 16.8. The lowest BCUT2D eigenvalue weighted by Gasteiger charge is -2.33. The minimum absolute atomic E-state index is 0.0592. The number of carbonyl (C=O) groups is 2. The molecule has 0 saturated carbocycles. The van der Waals surface area contributed by atoms with Crippen LogP contribution in [0.2, 0.25) is 0 Å². The number of halogens is 1. The van der Waals surface area contributed by atoms with Gasteiger partial charge in [0.1, 0.15) is 23.3 Å². The van der Waals surface area contributed by atoms with Crippen molar-refractivity contribution in [3.63, 3.8) is 0 Å². The molecule has 1 saturated heterocycles. The second-order valence-corrected chi connectivity index (χ2v) is 15.5. The maximum Gasteiger partial charge on any atom is 0.410 e. The van der Waals surface area contributed by atoms with Crippen molar-refractivity contribution in [3.05, 3.63) is 71.7 Å². The average Bonchev–Trinajstić information content (AvgIpc) is 3.45. The van der Waals surface area contributed by atoms with E-state index < -0.39 is 33.8 Å². The van der Waals surface area contributed by atoms with Crippen LogP contribution in [-0.4, -0.2) is 67.2 Å². The Hall–Kier alpha value is -5.05. The molecule has 14 heteroatoms. The number of amides is 1. The Kier molecular flexibility index (Phi) is 9.77. The molecule has 52 heavy (non-hydrogen) atoms. The Labute approximate surface area is 301 Å². The molecule has 276 valence electrons. The number of esters is 1. The van der Waals surface area contributed by atoms with Gasteiger partial charge >= 0.3 is 12.1 Å². The Morgan fingerprint density at radius 1 is 0.981 bits per heavy atom. The number of hydrogen-bond acceptors (Lipinski definition) is 11. The van der Waals surface area contributed by atoms with Crippen LogP contribution in [-0.2, 0) is 20.7 Å². The maximum absolute atomic E-state index is 15.3. The smallest absolute Gasteiger partial charge is 0.410 e. The van der Waals surface area contributed by atoms with Crippen molar-refractivity contribution in [1.82, 2.24) is 19.8 Å². The molecule has 5 N–H and O–H groups in total. The third-order valence-corrected chi connectivity index (χ3v) is 9.07. The molecule has 2 aliphatic rings. The number of fused-ring (bicyclic) bond motifs is 2. The van der Waals surface area contributed by atoms with E-state index in [1.54, 1.807) is 50.1 Å². The number of carbonyl (C=O) groups excluding carboxylic acids is 2. The van der Waals surface area contributed by atoms with Crippen molar-refractivity contribution in [2.75, 3.05) is 23.8 Å². The number of aromatic hydroxyl groups is 1. The lowest BCUT2D eigenvalue weighted by Crippen LogP contribution is -2.48. The van der Waals surface area contributed by atoms with Gasteiger partial charge in [0.15, 0.2) is 0 Å². The van der Waals surface area contributed by atoms with Crippen molar-refractivity contribution in [2.45, 2.75) is 85.0 Å². The number of aromatic nitrogens is 2. The number of nitrogens with one attached hydrogen (secondary N) is 2. The zero-order chi connectivity index (χ0) is 37.6. The Morgan fingerprint density at radius 2 is 1.71 bits per heavy atom. The van der Waals surface area contributed by atoms with Gasteiger partial charge in [0.05, 0.1) is 27.6 Å². The predicted octanol–water partition coefficient (Wildman–Crippen LogP) is 7.64. The van der Waals surface area contributed by atoms with E-state index in [4.69, 9.17) is 9.47 Å².